The number of halogens is 3. The first-order valence-corrected chi connectivity index (χ1v) is 7.87. The Labute approximate surface area is 138 Å². The molecule has 0 spiro atoms. The average Bonchev–Trinajstić information content (AvgIpc) is 2.54. The summed E-state index contributed by atoms with van der Waals surface area (Å²) in [6.07, 6.45) is -4.70. The van der Waals surface area contributed by atoms with E-state index in [1.165, 1.54) is 31.2 Å². The van der Waals surface area contributed by atoms with Gasteiger partial charge in [-0.15, -0.1) is 13.2 Å². The minimum absolute atomic E-state index is 0.114. The van der Waals surface area contributed by atoms with Crippen molar-refractivity contribution in [1.29, 1.82) is 0 Å². The zero-order valence-electron chi connectivity index (χ0n) is 15.3. The Morgan fingerprint density at radius 2 is 1.39 bits per heavy atom. The van der Waals surface area contributed by atoms with Crippen molar-refractivity contribution in [2.24, 2.45) is 0 Å². The van der Waals surface area contributed by atoms with Crippen molar-refractivity contribution in [2.45, 2.75) is 60.9 Å². The molecule has 0 bridgehead atoms. The molecule has 0 aliphatic heterocycles. The van der Waals surface area contributed by atoms with Gasteiger partial charge in [0.15, 0.2) is 5.78 Å². The van der Waals surface area contributed by atoms with Crippen LogP contribution in [0.1, 0.15) is 60.1 Å². The molecule has 6 heteroatoms. The normalized spacial score (nSPS) is 10.6. The van der Waals surface area contributed by atoms with Crippen LogP contribution in [0.2, 0.25) is 0 Å². The van der Waals surface area contributed by atoms with Crippen LogP contribution in [-0.2, 0) is 4.79 Å². The standard InChI is InChI=1S/C11H12F3NO2.3C2H6/c1-7(16)10(15-2)8-3-5-9(6-4-8)17-11(12,13)14;3*1-2/h3-6,10,15H,1-2H3;3*1-2H3. The lowest BCUT2D eigenvalue weighted by Crippen LogP contribution is -2.23. The summed E-state index contributed by atoms with van der Waals surface area (Å²) in [7, 11) is 1.60. The first-order chi connectivity index (χ1) is 10.8. The second kappa shape index (κ2) is 15.3. The number of hydrogen-bond donors (Lipinski definition) is 1. The van der Waals surface area contributed by atoms with Crippen LogP contribution in [0.3, 0.4) is 0 Å². The minimum atomic E-state index is -4.70. The van der Waals surface area contributed by atoms with E-state index in [1.54, 1.807) is 7.05 Å². The van der Waals surface area contributed by atoms with Gasteiger partial charge in [0.05, 0.1) is 6.04 Å². The third-order valence-corrected chi connectivity index (χ3v) is 2.14. The van der Waals surface area contributed by atoms with Crippen LogP contribution in [0.15, 0.2) is 24.3 Å². The minimum Gasteiger partial charge on any atom is -0.406 e. The summed E-state index contributed by atoms with van der Waals surface area (Å²) in [5.74, 6) is -0.420. The third-order valence-electron chi connectivity index (χ3n) is 2.14. The summed E-state index contributed by atoms with van der Waals surface area (Å²) in [6.45, 7) is 13.4. The van der Waals surface area contributed by atoms with Gasteiger partial charge in [-0.2, -0.15) is 0 Å². The molecule has 23 heavy (non-hydrogen) atoms. The maximum atomic E-state index is 11.9. The number of rotatable bonds is 4. The number of nitrogens with one attached hydrogen (secondary N) is 1. The van der Waals surface area contributed by atoms with Crippen LogP contribution in [-0.4, -0.2) is 19.2 Å². The molecule has 0 amide bonds. The zero-order chi connectivity index (χ0) is 19.1. The van der Waals surface area contributed by atoms with E-state index < -0.39 is 12.4 Å². The van der Waals surface area contributed by atoms with Crippen LogP contribution in [0.5, 0.6) is 5.75 Å². The Bertz CT molecular complexity index is 390. The van der Waals surface area contributed by atoms with Crippen molar-refractivity contribution in [3.8, 4) is 5.75 Å². The van der Waals surface area contributed by atoms with Gasteiger partial charge in [0.1, 0.15) is 5.75 Å². The van der Waals surface area contributed by atoms with Crippen LogP contribution in [0.4, 0.5) is 13.2 Å². The van der Waals surface area contributed by atoms with Gasteiger partial charge in [-0.3, -0.25) is 4.79 Å². The van der Waals surface area contributed by atoms with Crippen molar-refractivity contribution in [1.82, 2.24) is 5.32 Å². The summed E-state index contributed by atoms with van der Waals surface area (Å²) >= 11 is 0. The molecular formula is C17H30F3NO2. The number of carbonyl (C=O) groups excluding carboxylic acids is 1. The van der Waals surface area contributed by atoms with Gasteiger partial charge in [0.25, 0.3) is 0 Å². The number of alkyl halides is 3. The van der Waals surface area contributed by atoms with E-state index in [9.17, 15) is 18.0 Å². The van der Waals surface area contributed by atoms with Gasteiger partial charge >= 0.3 is 6.36 Å². The van der Waals surface area contributed by atoms with Crippen molar-refractivity contribution in [3.05, 3.63) is 29.8 Å². The predicted molar refractivity (Wildman–Crippen MR) is 89.7 cm³/mol. The lowest BCUT2D eigenvalue weighted by Gasteiger charge is -2.14. The number of ketones is 1. The van der Waals surface area contributed by atoms with Gasteiger partial charge in [-0.1, -0.05) is 53.7 Å². The Balaban J connectivity index is -0.000000595. The van der Waals surface area contributed by atoms with Gasteiger partial charge in [-0.25, -0.2) is 0 Å². The Morgan fingerprint density at radius 1 is 1.00 bits per heavy atom. The van der Waals surface area contributed by atoms with Gasteiger partial charge in [0, 0.05) is 0 Å². The second-order valence-electron chi connectivity index (χ2n) is 3.45. The smallest absolute Gasteiger partial charge is 0.406 e. The number of hydrogen-bond acceptors (Lipinski definition) is 3. The third kappa shape index (κ3) is 12.6. The highest BCUT2D eigenvalue weighted by Crippen LogP contribution is 2.24. The summed E-state index contributed by atoms with van der Waals surface area (Å²) in [5, 5.41) is 2.77. The summed E-state index contributed by atoms with van der Waals surface area (Å²) in [6, 6.07) is 4.68. The molecule has 0 aromatic heterocycles. The number of carbonyl (C=O) groups is 1. The molecule has 0 radical (unpaired) electrons. The van der Waals surface area contributed by atoms with Crippen molar-refractivity contribution >= 4 is 5.78 Å². The lowest BCUT2D eigenvalue weighted by atomic mass is 10.0. The van der Waals surface area contributed by atoms with E-state index in [0.29, 0.717) is 5.56 Å². The fourth-order valence-corrected chi connectivity index (χ4v) is 1.47. The van der Waals surface area contributed by atoms with E-state index >= 15 is 0 Å². The lowest BCUT2D eigenvalue weighted by molar-refractivity contribution is -0.274. The molecule has 0 saturated carbocycles. The van der Waals surface area contributed by atoms with Crippen molar-refractivity contribution in [3.63, 3.8) is 0 Å². The molecular weight excluding hydrogens is 307 g/mol. The molecule has 1 aromatic rings. The maximum Gasteiger partial charge on any atom is 0.573 e. The maximum absolute atomic E-state index is 11.9. The zero-order valence-corrected chi connectivity index (χ0v) is 15.3. The van der Waals surface area contributed by atoms with Crippen LogP contribution < -0.4 is 10.1 Å². The van der Waals surface area contributed by atoms with Crippen LogP contribution >= 0.6 is 0 Å². The van der Waals surface area contributed by atoms with Gasteiger partial charge in [-0.05, 0) is 31.7 Å². The molecule has 0 fully saturated rings. The molecule has 1 N–H and O–H groups in total. The predicted octanol–water partition coefficient (Wildman–Crippen LogP) is 5.51. The quantitative estimate of drug-likeness (QED) is 0.787. The summed E-state index contributed by atoms with van der Waals surface area (Å²) in [5.41, 5.74) is 0.592. The summed E-state index contributed by atoms with van der Waals surface area (Å²) in [4.78, 5) is 11.2. The largest absolute Gasteiger partial charge is 0.573 e. The fourth-order valence-electron chi connectivity index (χ4n) is 1.47. The van der Waals surface area contributed by atoms with Gasteiger partial charge < -0.3 is 10.1 Å². The number of likely N-dealkylation sites (N-methyl/N-ethyl adjacent to an activating group) is 1. The molecule has 1 rings (SSSR count). The van der Waals surface area contributed by atoms with E-state index in [-0.39, 0.29) is 11.5 Å². The first kappa shape index (κ1) is 26.3. The number of ether oxygens (including phenoxy) is 1. The van der Waals surface area contributed by atoms with Crippen LogP contribution in [0.25, 0.3) is 0 Å². The second-order valence-corrected chi connectivity index (χ2v) is 3.45. The number of Topliss-reactive ketones (excluding diaryl/α,β-unsaturated/α-hetero) is 1. The average molecular weight is 337 g/mol. The van der Waals surface area contributed by atoms with E-state index in [2.05, 4.69) is 10.1 Å². The summed E-state index contributed by atoms with van der Waals surface area (Å²) < 4.78 is 39.4. The van der Waals surface area contributed by atoms with Crippen molar-refractivity contribution < 1.29 is 22.7 Å². The SMILES string of the molecule is CC.CC.CC.CNC(C(C)=O)c1ccc(OC(F)(F)F)cc1. The molecule has 0 heterocycles. The Morgan fingerprint density at radius 3 is 1.65 bits per heavy atom. The van der Waals surface area contributed by atoms with Crippen LogP contribution in [0, 0.1) is 0 Å². The Hall–Kier alpha value is -1.56. The monoisotopic (exact) mass is 337 g/mol. The fraction of sp³-hybridized carbons (Fsp3) is 0.588. The van der Waals surface area contributed by atoms with E-state index in [4.69, 9.17) is 0 Å². The molecule has 3 nitrogen and oxygen atoms in total. The molecule has 1 aromatic carbocycles. The van der Waals surface area contributed by atoms with E-state index in [0.717, 1.165) is 0 Å². The highest BCUT2D eigenvalue weighted by Gasteiger charge is 2.31. The highest BCUT2D eigenvalue weighted by molar-refractivity contribution is 5.82. The molecule has 0 saturated heterocycles. The molecule has 1 atom stereocenters. The van der Waals surface area contributed by atoms with Gasteiger partial charge in [0.2, 0.25) is 0 Å². The molecule has 0 aliphatic carbocycles. The Kier molecular flexibility index (Phi) is 17.6. The first-order valence-electron chi connectivity index (χ1n) is 7.87. The topological polar surface area (TPSA) is 38.3 Å². The van der Waals surface area contributed by atoms with Crippen molar-refractivity contribution in [2.75, 3.05) is 7.05 Å². The molecule has 0 aliphatic rings. The highest BCUT2D eigenvalue weighted by atomic mass is 19.4. The van der Waals surface area contributed by atoms with E-state index in [1.807, 2.05) is 41.5 Å². The molecule has 1 unspecified atom stereocenters. The molecule has 136 valence electrons. The number of benzene rings is 1.